The van der Waals surface area contributed by atoms with Gasteiger partial charge in [-0.1, -0.05) is 39.0 Å². The predicted octanol–water partition coefficient (Wildman–Crippen LogP) is 5.75. The zero-order valence-electron chi connectivity index (χ0n) is 22.6. The Morgan fingerprint density at radius 2 is 1.77 bits per heavy atom. The molecular weight excluding hydrogens is 498 g/mol. The molecule has 2 heterocycles. The fourth-order valence-electron chi connectivity index (χ4n) is 4.91. The van der Waals surface area contributed by atoms with Gasteiger partial charge in [-0.3, -0.25) is 14.5 Å². The number of aromatic hydroxyl groups is 1. The molecule has 2 aliphatic rings. The third kappa shape index (κ3) is 4.56. The standard InChI is InChI=1S/C31H31NO7/c1-6-37-24-13-18(8-11-22(24)33)27-26(28(34)21-14-19(31(3,4)5)9-7-17(21)2)29(35)30(36)32(27)20-10-12-23-25(15-20)39-16-38-23/h7-15,27,33-34H,6,16H2,1-5H3/b28-26+. The van der Waals surface area contributed by atoms with Gasteiger partial charge in [-0.25, -0.2) is 0 Å². The molecule has 1 atom stereocenters. The minimum Gasteiger partial charge on any atom is -0.507 e. The number of nitrogens with zero attached hydrogens (tertiary/aromatic N) is 1. The number of phenols is 1. The molecule has 1 saturated heterocycles. The van der Waals surface area contributed by atoms with E-state index in [0.29, 0.717) is 34.9 Å². The molecule has 0 radical (unpaired) electrons. The van der Waals surface area contributed by atoms with E-state index < -0.39 is 17.7 Å². The number of fused-ring (bicyclic) bond motifs is 1. The van der Waals surface area contributed by atoms with Gasteiger partial charge < -0.3 is 24.4 Å². The fourth-order valence-corrected chi connectivity index (χ4v) is 4.91. The Balaban J connectivity index is 1.75. The number of ketones is 1. The van der Waals surface area contributed by atoms with Gasteiger partial charge in [0.15, 0.2) is 23.0 Å². The molecular formula is C31H31NO7. The Morgan fingerprint density at radius 1 is 1.03 bits per heavy atom. The van der Waals surface area contributed by atoms with Crippen LogP contribution in [0.5, 0.6) is 23.0 Å². The smallest absolute Gasteiger partial charge is 0.300 e. The number of aliphatic hydroxyl groups is 1. The maximum atomic E-state index is 13.6. The first kappa shape index (κ1) is 26.2. The van der Waals surface area contributed by atoms with Crippen LogP contribution in [0.15, 0.2) is 60.2 Å². The number of aryl methyl sites for hydroxylation is 1. The van der Waals surface area contributed by atoms with Gasteiger partial charge in [0.1, 0.15) is 5.76 Å². The Hall–Kier alpha value is -4.46. The lowest BCUT2D eigenvalue weighted by Gasteiger charge is -2.26. The van der Waals surface area contributed by atoms with Crippen molar-refractivity contribution in [3.63, 3.8) is 0 Å². The highest BCUT2D eigenvalue weighted by Crippen LogP contribution is 2.46. The number of carbonyl (C=O) groups is 2. The van der Waals surface area contributed by atoms with Gasteiger partial charge in [-0.2, -0.15) is 0 Å². The molecule has 3 aromatic carbocycles. The SMILES string of the molecule is CCOc1cc(C2/C(=C(\O)c3cc(C(C)(C)C)ccc3C)C(=O)C(=O)N2c2ccc3c(c2)OCO3)ccc1O. The molecule has 0 spiro atoms. The minimum atomic E-state index is -0.997. The van der Waals surface area contributed by atoms with Crippen LogP contribution in [-0.2, 0) is 15.0 Å². The Kier molecular flexibility index (Phi) is 6.50. The molecule has 5 rings (SSSR count). The van der Waals surface area contributed by atoms with Gasteiger partial charge in [0.25, 0.3) is 11.7 Å². The Bertz CT molecular complexity index is 1520. The van der Waals surface area contributed by atoms with Crippen LogP contribution in [0.2, 0.25) is 0 Å². The van der Waals surface area contributed by atoms with E-state index in [1.54, 1.807) is 37.3 Å². The molecule has 39 heavy (non-hydrogen) atoms. The minimum absolute atomic E-state index is 0.0556. The Morgan fingerprint density at radius 3 is 2.49 bits per heavy atom. The molecule has 1 amide bonds. The highest BCUT2D eigenvalue weighted by molar-refractivity contribution is 6.51. The first-order chi connectivity index (χ1) is 18.5. The van der Waals surface area contributed by atoms with E-state index in [4.69, 9.17) is 14.2 Å². The van der Waals surface area contributed by atoms with Crippen LogP contribution in [0.25, 0.3) is 5.76 Å². The first-order valence-electron chi connectivity index (χ1n) is 12.8. The molecule has 0 bridgehead atoms. The molecule has 0 aromatic heterocycles. The molecule has 0 saturated carbocycles. The van der Waals surface area contributed by atoms with Crippen LogP contribution in [0.1, 0.15) is 56.0 Å². The van der Waals surface area contributed by atoms with Crippen molar-refractivity contribution in [1.29, 1.82) is 0 Å². The van der Waals surface area contributed by atoms with Crippen LogP contribution in [0.4, 0.5) is 5.69 Å². The molecule has 8 heteroatoms. The summed E-state index contributed by atoms with van der Waals surface area (Å²) in [4.78, 5) is 28.6. The normalized spacial score (nSPS) is 18.1. The van der Waals surface area contributed by atoms with Gasteiger partial charge >= 0.3 is 0 Å². The largest absolute Gasteiger partial charge is 0.507 e. The van der Waals surface area contributed by atoms with Gasteiger partial charge in [0.2, 0.25) is 6.79 Å². The van der Waals surface area contributed by atoms with Crippen LogP contribution < -0.4 is 19.1 Å². The lowest BCUT2D eigenvalue weighted by Crippen LogP contribution is -2.29. The number of hydrogen-bond acceptors (Lipinski definition) is 7. The van der Waals surface area contributed by atoms with Crippen molar-refractivity contribution < 1.29 is 34.0 Å². The van der Waals surface area contributed by atoms with Crippen LogP contribution in [0, 0.1) is 6.92 Å². The van der Waals surface area contributed by atoms with E-state index in [1.807, 2.05) is 25.1 Å². The Labute approximate surface area is 227 Å². The molecule has 2 aliphatic heterocycles. The third-order valence-corrected chi connectivity index (χ3v) is 7.04. The number of rotatable bonds is 5. The maximum absolute atomic E-state index is 13.6. The summed E-state index contributed by atoms with van der Waals surface area (Å²) in [5.74, 6) is -0.770. The second-order valence-electron chi connectivity index (χ2n) is 10.6. The highest BCUT2D eigenvalue weighted by Gasteiger charge is 2.47. The van der Waals surface area contributed by atoms with Crippen molar-refractivity contribution >= 4 is 23.1 Å². The van der Waals surface area contributed by atoms with E-state index >= 15 is 0 Å². The van der Waals surface area contributed by atoms with E-state index in [1.165, 1.54) is 11.0 Å². The number of phenolic OH excluding ortho intramolecular Hbond substituents is 1. The van der Waals surface area contributed by atoms with Crippen LogP contribution in [0.3, 0.4) is 0 Å². The summed E-state index contributed by atoms with van der Waals surface area (Å²) in [5, 5.41) is 22.0. The van der Waals surface area contributed by atoms with Gasteiger partial charge in [0, 0.05) is 17.3 Å². The summed E-state index contributed by atoms with van der Waals surface area (Å²) in [7, 11) is 0. The van der Waals surface area contributed by atoms with Crippen molar-refractivity contribution in [3.8, 4) is 23.0 Å². The number of aliphatic hydroxyl groups excluding tert-OH is 1. The number of anilines is 1. The van der Waals surface area contributed by atoms with Gasteiger partial charge in [-0.05, 0) is 66.3 Å². The van der Waals surface area contributed by atoms with E-state index in [9.17, 15) is 19.8 Å². The van der Waals surface area contributed by atoms with Gasteiger partial charge in [0.05, 0.1) is 18.2 Å². The second-order valence-corrected chi connectivity index (χ2v) is 10.6. The first-order valence-corrected chi connectivity index (χ1v) is 12.8. The van der Waals surface area contributed by atoms with Crippen molar-refractivity contribution in [1.82, 2.24) is 0 Å². The summed E-state index contributed by atoms with van der Waals surface area (Å²) in [6.45, 7) is 10.2. The van der Waals surface area contributed by atoms with Gasteiger partial charge in [-0.15, -0.1) is 0 Å². The lowest BCUT2D eigenvalue weighted by atomic mass is 9.84. The summed E-state index contributed by atoms with van der Waals surface area (Å²) in [6, 6.07) is 14.4. The average Bonchev–Trinajstić information content (AvgIpc) is 3.46. The van der Waals surface area contributed by atoms with Crippen molar-refractivity contribution in [2.24, 2.45) is 0 Å². The third-order valence-electron chi connectivity index (χ3n) is 7.04. The number of carbonyl (C=O) groups excluding carboxylic acids is 2. The zero-order valence-corrected chi connectivity index (χ0v) is 22.6. The quantitative estimate of drug-likeness (QED) is 0.246. The zero-order chi connectivity index (χ0) is 28.1. The van der Waals surface area contributed by atoms with E-state index in [0.717, 1.165) is 11.1 Å². The molecule has 1 fully saturated rings. The second kappa shape index (κ2) is 9.69. The fraction of sp³-hybridized carbons (Fsp3) is 0.290. The van der Waals surface area contributed by atoms with Crippen molar-refractivity contribution in [2.45, 2.75) is 46.1 Å². The maximum Gasteiger partial charge on any atom is 0.300 e. The van der Waals surface area contributed by atoms with E-state index in [2.05, 4.69) is 20.8 Å². The average molecular weight is 530 g/mol. The molecule has 2 N–H and O–H groups in total. The molecule has 8 nitrogen and oxygen atoms in total. The lowest BCUT2D eigenvalue weighted by molar-refractivity contribution is -0.132. The number of ether oxygens (including phenoxy) is 3. The number of Topliss-reactive ketones (excluding diaryl/α,β-unsaturated/α-hetero) is 1. The van der Waals surface area contributed by atoms with E-state index in [-0.39, 0.29) is 35.0 Å². The predicted molar refractivity (Wildman–Crippen MR) is 147 cm³/mol. The molecule has 3 aromatic rings. The van der Waals surface area contributed by atoms with Crippen LogP contribution in [-0.4, -0.2) is 35.3 Å². The summed E-state index contributed by atoms with van der Waals surface area (Å²) < 4.78 is 16.5. The number of benzene rings is 3. The monoisotopic (exact) mass is 529 g/mol. The van der Waals surface area contributed by atoms with Crippen molar-refractivity contribution in [3.05, 3.63) is 82.4 Å². The van der Waals surface area contributed by atoms with Crippen LogP contribution >= 0.6 is 0 Å². The number of hydrogen-bond donors (Lipinski definition) is 2. The summed E-state index contributed by atoms with van der Waals surface area (Å²) in [6.07, 6.45) is 0. The number of amides is 1. The topological polar surface area (TPSA) is 106 Å². The summed E-state index contributed by atoms with van der Waals surface area (Å²) in [5.41, 5.74) is 2.83. The van der Waals surface area contributed by atoms with Crippen molar-refractivity contribution in [2.75, 3.05) is 18.3 Å². The highest BCUT2D eigenvalue weighted by atomic mass is 16.7. The summed E-state index contributed by atoms with van der Waals surface area (Å²) >= 11 is 0. The molecule has 1 unspecified atom stereocenters. The molecule has 0 aliphatic carbocycles. The molecule has 202 valence electrons.